The van der Waals surface area contributed by atoms with Crippen LogP contribution in [0.5, 0.6) is 0 Å². The first-order chi connectivity index (χ1) is 12.5. The van der Waals surface area contributed by atoms with Gasteiger partial charge in [-0.25, -0.2) is 9.59 Å². The monoisotopic (exact) mass is 360 g/mol. The number of hydrogen-bond donors (Lipinski definition) is 4. The second kappa shape index (κ2) is 8.40. The lowest BCUT2D eigenvalue weighted by Crippen LogP contribution is -2.46. The average Bonchev–Trinajstić information content (AvgIpc) is 3.46. The van der Waals surface area contributed by atoms with Gasteiger partial charge >= 0.3 is 12.1 Å². The van der Waals surface area contributed by atoms with Gasteiger partial charge in [0.2, 0.25) is 0 Å². The van der Waals surface area contributed by atoms with Gasteiger partial charge in [0.05, 0.1) is 6.04 Å². The average molecular weight is 360 g/mol. The van der Waals surface area contributed by atoms with E-state index < -0.39 is 0 Å². The van der Waals surface area contributed by atoms with Crippen molar-refractivity contribution in [1.82, 2.24) is 15.5 Å². The summed E-state index contributed by atoms with van der Waals surface area (Å²) in [4.78, 5) is 26.0. The minimum atomic E-state index is -0.176. The Balaban J connectivity index is 1.49. The summed E-state index contributed by atoms with van der Waals surface area (Å²) in [6.07, 6.45) is 4.01. The van der Waals surface area contributed by atoms with Gasteiger partial charge in [0.25, 0.3) is 0 Å². The van der Waals surface area contributed by atoms with Crippen molar-refractivity contribution in [3.05, 3.63) is 29.8 Å². The molecule has 26 heavy (non-hydrogen) atoms. The molecule has 2 unspecified atom stereocenters. The molecule has 1 saturated heterocycles. The fourth-order valence-corrected chi connectivity index (χ4v) is 3.19. The maximum atomic E-state index is 12.4. The largest absolute Gasteiger partial charge is 0.396 e. The van der Waals surface area contributed by atoms with Crippen LogP contribution in [0.15, 0.2) is 24.3 Å². The summed E-state index contributed by atoms with van der Waals surface area (Å²) in [6.45, 7) is 3.40. The van der Waals surface area contributed by atoms with Gasteiger partial charge in [0.1, 0.15) is 0 Å². The Morgan fingerprint density at radius 1 is 1.23 bits per heavy atom. The highest BCUT2D eigenvalue weighted by molar-refractivity contribution is 5.89. The van der Waals surface area contributed by atoms with Crippen LogP contribution in [0.2, 0.25) is 0 Å². The number of nitrogens with zero attached hydrogens (tertiary/aromatic N) is 1. The van der Waals surface area contributed by atoms with Crippen LogP contribution in [0.25, 0.3) is 0 Å². The fourth-order valence-electron chi connectivity index (χ4n) is 3.19. The second-order valence-electron chi connectivity index (χ2n) is 7.30. The molecule has 7 heteroatoms. The Bertz CT molecular complexity index is 630. The van der Waals surface area contributed by atoms with E-state index in [1.807, 2.05) is 31.2 Å². The van der Waals surface area contributed by atoms with Crippen LogP contribution in [0.4, 0.5) is 15.3 Å². The zero-order chi connectivity index (χ0) is 18.5. The summed E-state index contributed by atoms with van der Waals surface area (Å²) in [5, 5.41) is 18.0. The predicted molar refractivity (Wildman–Crippen MR) is 99.9 cm³/mol. The van der Waals surface area contributed by atoms with Crippen LogP contribution in [0, 0.1) is 5.92 Å². The number of carbonyl (C=O) groups is 2. The van der Waals surface area contributed by atoms with Crippen molar-refractivity contribution in [2.24, 2.45) is 5.92 Å². The molecule has 0 aromatic heterocycles. The van der Waals surface area contributed by atoms with E-state index in [9.17, 15) is 14.7 Å². The molecule has 0 spiro atoms. The molecule has 4 N–H and O–H groups in total. The third-order valence-corrected chi connectivity index (χ3v) is 4.99. The van der Waals surface area contributed by atoms with Crippen LogP contribution in [0.3, 0.4) is 0 Å². The van der Waals surface area contributed by atoms with E-state index in [1.165, 1.54) is 0 Å². The Labute approximate surface area is 154 Å². The standard InChI is InChI=1S/C19H28N4O3/c1-13(20-19(26)23-10-2-3-14(11-23)12-24)15-4-6-16(7-5-15)21-18(25)22-17-8-9-17/h4-7,13-14,17,24H,2-3,8-12H2,1H3,(H,20,26)(H2,21,22,25). The van der Waals surface area contributed by atoms with E-state index in [4.69, 9.17) is 0 Å². The third-order valence-electron chi connectivity index (χ3n) is 4.99. The lowest BCUT2D eigenvalue weighted by molar-refractivity contribution is 0.128. The number of hydrogen-bond acceptors (Lipinski definition) is 3. The molecule has 3 rings (SSSR count). The van der Waals surface area contributed by atoms with Crippen molar-refractivity contribution in [2.45, 2.75) is 44.7 Å². The van der Waals surface area contributed by atoms with E-state index in [0.29, 0.717) is 12.6 Å². The minimum absolute atomic E-state index is 0.0957. The number of benzene rings is 1. The Morgan fingerprint density at radius 3 is 2.62 bits per heavy atom. The second-order valence-corrected chi connectivity index (χ2v) is 7.30. The lowest BCUT2D eigenvalue weighted by atomic mass is 9.99. The summed E-state index contributed by atoms with van der Waals surface area (Å²) in [5.74, 6) is 0.178. The van der Waals surface area contributed by atoms with E-state index in [2.05, 4.69) is 16.0 Å². The zero-order valence-electron chi connectivity index (χ0n) is 15.2. The number of piperidine rings is 1. The highest BCUT2D eigenvalue weighted by Crippen LogP contribution is 2.20. The van der Waals surface area contributed by atoms with E-state index in [1.54, 1.807) is 4.90 Å². The minimum Gasteiger partial charge on any atom is -0.396 e. The molecule has 0 bridgehead atoms. The molecule has 1 aromatic carbocycles. The number of aliphatic hydroxyl groups excluding tert-OH is 1. The molecule has 2 aliphatic rings. The molecule has 0 radical (unpaired) electrons. The number of rotatable bonds is 5. The number of carbonyl (C=O) groups excluding carboxylic acids is 2. The van der Waals surface area contributed by atoms with Crippen molar-refractivity contribution in [3.8, 4) is 0 Å². The van der Waals surface area contributed by atoms with Crippen LogP contribution in [-0.2, 0) is 0 Å². The van der Waals surface area contributed by atoms with Crippen LogP contribution in [-0.4, -0.2) is 47.8 Å². The molecule has 1 heterocycles. The number of anilines is 1. The molecule has 2 atom stereocenters. The molecule has 1 aliphatic heterocycles. The Morgan fingerprint density at radius 2 is 1.96 bits per heavy atom. The summed E-state index contributed by atoms with van der Waals surface area (Å²) >= 11 is 0. The van der Waals surface area contributed by atoms with Crippen molar-refractivity contribution in [3.63, 3.8) is 0 Å². The van der Waals surface area contributed by atoms with Gasteiger partial charge in [-0.3, -0.25) is 0 Å². The van der Waals surface area contributed by atoms with E-state index >= 15 is 0 Å². The van der Waals surface area contributed by atoms with Crippen LogP contribution < -0.4 is 16.0 Å². The van der Waals surface area contributed by atoms with E-state index in [-0.39, 0.29) is 30.6 Å². The van der Waals surface area contributed by atoms with Gasteiger partial charge in [-0.1, -0.05) is 12.1 Å². The maximum absolute atomic E-state index is 12.4. The molecular formula is C19H28N4O3. The van der Waals surface area contributed by atoms with Crippen molar-refractivity contribution in [1.29, 1.82) is 0 Å². The zero-order valence-corrected chi connectivity index (χ0v) is 15.2. The molecule has 7 nitrogen and oxygen atoms in total. The number of urea groups is 2. The smallest absolute Gasteiger partial charge is 0.319 e. The number of nitrogens with one attached hydrogen (secondary N) is 3. The summed E-state index contributed by atoms with van der Waals surface area (Å²) in [5.41, 5.74) is 1.70. The quantitative estimate of drug-likeness (QED) is 0.650. The van der Waals surface area contributed by atoms with Crippen LogP contribution >= 0.6 is 0 Å². The molecule has 4 amide bonds. The molecule has 1 saturated carbocycles. The van der Waals surface area contributed by atoms with Gasteiger partial charge in [-0.05, 0) is 56.2 Å². The lowest BCUT2D eigenvalue weighted by Gasteiger charge is -2.32. The van der Waals surface area contributed by atoms with E-state index in [0.717, 1.165) is 43.5 Å². The van der Waals surface area contributed by atoms with Gasteiger partial charge in [0.15, 0.2) is 0 Å². The first-order valence-corrected chi connectivity index (χ1v) is 9.39. The highest BCUT2D eigenvalue weighted by Gasteiger charge is 2.24. The maximum Gasteiger partial charge on any atom is 0.319 e. The third kappa shape index (κ3) is 5.11. The van der Waals surface area contributed by atoms with Gasteiger partial charge in [-0.15, -0.1) is 0 Å². The van der Waals surface area contributed by atoms with Gasteiger partial charge in [-0.2, -0.15) is 0 Å². The van der Waals surface area contributed by atoms with Crippen LogP contribution in [0.1, 0.15) is 44.2 Å². The SMILES string of the molecule is CC(NC(=O)N1CCCC(CO)C1)c1ccc(NC(=O)NC2CC2)cc1. The van der Waals surface area contributed by atoms with Crippen molar-refractivity contribution >= 4 is 17.7 Å². The van der Waals surface area contributed by atoms with Crippen molar-refractivity contribution < 1.29 is 14.7 Å². The molecule has 1 aromatic rings. The first kappa shape index (κ1) is 18.5. The number of likely N-dealkylation sites (tertiary alicyclic amines) is 1. The summed E-state index contributed by atoms with van der Waals surface area (Å²) < 4.78 is 0. The number of amides is 4. The normalized spacial score (nSPS) is 21.0. The Kier molecular flexibility index (Phi) is 5.98. The van der Waals surface area contributed by atoms with Gasteiger partial charge < -0.3 is 26.0 Å². The molecule has 1 aliphatic carbocycles. The fraction of sp³-hybridized carbons (Fsp3) is 0.579. The Hall–Kier alpha value is -2.28. The number of aliphatic hydroxyl groups is 1. The highest BCUT2D eigenvalue weighted by atomic mass is 16.3. The predicted octanol–water partition coefficient (Wildman–Crippen LogP) is 2.45. The van der Waals surface area contributed by atoms with Crippen molar-refractivity contribution in [2.75, 3.05) is 25.0 Å². The molecule has 142 valence electrons. The topological polar surface area (TPSA) is 93.7 Å². The molecule has 2 fully saturated rings. The first-order valence-electron chi connectivity index (χ1n) is 9.39. The molecular weight excluding hydrogens is 332 g/mol. The summed E-state index contributed by atoms with van der Waals surface area (Å²) in [6, 6.07) is 7.41. The van der Waals surface area contributed by atoms with Gasteiger partial charge in [0, 0.05) is 31.4 Å². The summed E-state index contributed by atoms with van der Waals surface area (Å²) in [7, 11) is 0.